The van der Waals surface area contributed by atoms with Crippen LogP contribution in [0.3, 0.4) is 0 Å². The number of benzene rings is 2. The number of unbranched alkanes of at least 4 members (excludes halogenated alkanes) is 4. The summed E-state index contributed by atoms with van der Waals surface area (Å²) in [4.78, 5) is 0. The standard InChI is InChI=1S/C36H54F2O5/c1-5-9-22-39-27-31-32(40-23-10-6-2)33(41-24-11-7-3)34(42-25-12-8-4)35(43-31)36(37,38)30-21-17-16-20-29(30)26-28-18-14-13-15-19-28/h13-21,31-35H,5-12,22-27H2,1-4H3/t31-,32-,33+,34-,35-/m1/s1. The molecular weight excluding hydrogens is 550 g/mol. The molecular formula is C36H54F2O5. The summed E-state index contributed by atoms with van der Waals surface area (Å²) in [6.45, 7) is 10.3. The van der Waals surface area contributed by atoms with E-state index in [2.05, 4.69) is 27.7 Å². The van der Waals surface area contributed by atoms with Crippen molar-refractivity contribution in [2.24, 2.45) is 0 Å². The lowest BCUT2D eigenvalue weighted by molar-refractivity contribution is -0.308. The molecule has 0 aliphatic carbocycles. The van der Waals surface area contributed by atoms with E-state index in [9.17, 15) is 0 Å². The normalized spacial score (nSPS) is 22.6. The van der Waals surface area contributed by atoms with Crippen LogP contribution in [0.15, 0.2) is 54.6 Å². The summed E-state index contributed by atoms with van der Waals surface area (Å²) in [7, 11) is 0. The van der Waals surface area contributed by atoms with Crippen LogP contribution < -0.4 is 0 Å². The Labute approximate surface area is 258 Å². The lowest BCUT2D eigenvalue weighted by Gasteiger charge is -2.48. The molecule has 0 bridgehead atoms. The molecule has 0 saturated carbocycles. The second kappa shape index (κ2) is 19.5. The van der Waals surface area contributed by atoms with E-state index in [4.69, 9.17) is 23.7 Å². The smallest absolute Gasteiger partial charge is 0.301 e. The van der Waals surface area contributed by atoms with Crippen molar-refractivity contribution in [3.05, 3.63) is 71.3 Å². The minimum Gasteiger partial charge on any atom is -0.379 e. The third kappa shape index (κ3) is 10.6. The molecule has 0 aromatic heterocycles. The Morgan fingerprint density at radius 1 is 0.651 bits per heavy atom. The van der Waals surface area contributed by atoms with Gasteiger partial charge >= 0.3 is 5.92 Å². The zero-order valence-electron chi connectivity index (χ0n) is 26.8. The molecule has 2 aromatic carbocycles. The Kier molecular flexibility index (Phi) is 16.1. The second-order valence-electron chi connectivity index (χ2n) is 11.5. The number of ether oxygens (including phenoxy) is 5. The van der Waals surface area contributed by atoms with Gasteiger partial charge < -0.3 is 23.7 Å². The van der Waals surface area contributed by atoms with Crippen molar-refractivity contribution >= 4 is 0 Å². The van der Waals surface area contributed by atoms with E-state index >= 15 is 8.78 Å². The van der Waals surface area contributed by atoms with E-state index in [0.717, 1.165) is 56.9 Å². The van der Waals surface area contributed by atoms with Crippen LogP contribution in [0, 0.1) is 0 Å². The van der Waals surface area contributed by atoms with E-state index < -0.39 is 36.4 Å². The van der Waals surface area contributed by atoms with Gasteiger partial charge in [0.1, 0.15) is 24.4 Å². The van der Waals surface area contributed by atoms with Gasteiger partial charge in [0.15, 0.2) is 6.10 Å². The monoisotopic (exact) mass is 604 g/mol. The van der Waals surface area contributed by atoms with E-state index in [1.54, 1.807) is 12.1 Å². The predicted octanol–water partition coefficient (Wildman–Crippen LogP) is 8.51. The van der Waals surface area contributed by atoms with Crippen molar-refractivity contribution in [2.45, 2.75) is 122 Å². The molecule has 242 valence electrons. The van der Waals surface area contributed by atoms with Gasteiger partial charge in [-0.2, -0.15) is 8.78 Å². The van der Waals surface area contributed by atoms with E-state index in [-0.39, 0.29) is 12.2 Å². The third-order valence-electron chi connectivity index (χ3n) is 7.95. The second-order valence-corrected chi connectivity index (χ2v) is 11.5. The zero-order valence-corrected chi connectivity index (χ0v) is 26.8. The van der Waals surface area contributed by atoms with Crippen LogP contribution in [0.2, 0.25) is 0 Å². The molecule has 1 aliphatic rings. The summed E-state index contributed by atoms with van der Waals surface area (Å²) in [5.74, 6) is -3.36. The van der Waals surface area contributed by atoms with Crippen molar-refractivity contribution in [2.75, 3.05) is 33.0 Å². The highest BCUT2D eigenvalue weighted by molar-refractivity contribution is 5.36. The third-order valence-corrected chi connectivity index (χ3v) is 7.95. The molecule has 5 atom stereocenters. The highest BCUT2D eigenvalue weighted by Gasteiger charge is 2.58. The van der Waals surface area contributed by atoms with E-state index in [1.165, 1.54) is 6.07 Å². The zero-order chi connectivity index (χ0) is 30.9. The fourth-order valence-electron chi connectivity index (χ4n) is 5.42. The maximum atomic E-state index is 17.0. The minimum absolute atomic E-state index is 0.0451. The number of halogens is 2. The highest BCUT2D eigenvalue weighted by atomic mass is 19.3. The van der Waals surface area contributed by atoms with Gasteiger partial charge in [-0.15, -0.1) is 0 Å². The first-order chi connectivity index (χ1) is 21.0. The van der Waals surface area contributed by atoms with Crippen LogP contribution in [0.5, 0.6) is 0 Å². The molecule has 0 radical (unpaired) electrons. The Hall–Kier alpha value is -1.90. The summed E-state index contributed by atoms with van der Waals surface area (Å²) in [6, 6.07) is 16.5. The van der Waals surface area contributed by atoms with Gasteiger partial charge in [0.05, 0.1) is 6.61 Å². The molecule has 0 spiro atoms. The van der Waals surface area contributed by atoms with Gasteiger partial charge in [-0.3, -0.25) is 0 Å². The summed E-state index contributed by atoms with van der Waals surface area (Å²) < 4.78 is 65.6. The molecule has 1 aliphatic heterocycles. The first-order valence-electron chi connectivity index (χ1n) is 16.6. The largest absolute Gasteiger partial charge is 0.379 e. The van der Waals surface area contributed by atoms with Crippen molar-refractivity contribution in [3.8, 4) is 0 Å². The summed E-state index contributed by atoms with van der Waals surface area (Å²) in [5, 5.41) is 0. The quantitative estimate of drug-likeness (QED) is 0.134. The summed E-state index contributed by atoms with van der Waals surface area (Å²) in [6.07, 6.45) is 2.88. The van der Waals surface area contributed by atoms with E-state index in [0.29, 0.717) is 38.4 Å². The fraction of sp³-hybridized carbons (Fsp3) is 0.667. The molecule has 43 heavy (non-hydrogen) atoms. The van der Waals surface area contributed by atoms with Crippen LogP contribution in [0.25, 0.3) is 0 Å². The van der Waals surface area contributed by atoms with Crippen molar-refractivity contribution in [3.63, 3.8) is 0 Å². The molecule has 1 heterocycles. The van der Waals surface area contributed by atoms with Crippen molar-refractivity contribution in [1.82, 2.24) is 0 Å². The first-order valence-corrected chi connectivity index (χ1v) is 16.6. The van der Waals surface area contributed by atoms with Crippen LogP contribution in [0.4, 0.5) is 8.78 Å². The Morgan fingerprint density at radius 3 is 1.81 bits per heavy atom. The Bertz CT molecular complexity index is 1000. The van der Waals surface area contributed by atoms with Gasteiger partial charge in [-0.05, 0) is 43.2 Å². The molecule has 5 nitrogen and oxygen atoms in total. The molecule has 3 rings (SSSR count). The van der Waals surface area contributed by atoms with Gasteiger partial charge in [0.2, 0.25) is 0 Å². The van der Waals surface area contributed by atoms with Crippen LogP contribution >= 0.6 is 0 Å². The van der Waals surface area contributed by atoms with Crippen molar-refractivity contribution < 1.29 is 32.5 Å². The molecule has 1 saturated heterocycles. The summed E-state index contributed by atoms with van der Waals surface area (Å²) >= 11 is 0. The number of hydrogen-bond acceptors (Lipinski definition) is 5. The van der Waals surface area contributed by atoms with Gasteiger partial charge in [0.25, 0.3) is 0 Å². The van der Waals surface area contributed by atoms with Crippen molar-refractivity contribution in [1.29, 1.82) is 0 Å². The SMILES string of the molecule is CCCCOC[C@H]1O[C@@H](C(F)(F)c2ccccc2Cc2ccccc2)[C@H](OCCCC)[C@@H](OCCCC)[C@@H]1OCCCC. The average Bonchev–Trinajstić information content (AvgIpc) is 3.01. The van der Waals surface area contributed by atoms with Crippen LogP contribution in [-0.4, -0.2) is 63.6 Å². The fourth-order valence-corrected chi connectivity index (χ4v) is 5.42. The molecule has 7 heteroatoms. The lowest BCUT2D eigenvalue weighted by atomic mass is 9.86. The van der Waals surface area contributed by atoms with E-state index in [1.807, 2.05) is 36.4 Å². The maximum Gasteiger partial charge on any atom is 0.301 e. The number of hydrogen-bond donors (Lipinski definition) is 0. The average molecular weight is 605 g/mol. The Morgan fingerprint density at radius 2 is 1.19 bits per heavy atom. The van der Waals surface area contributed by atoms with Gasteiger partial charge in [0, 0.05) is 32.0 Å². The highest BCUT2D eigenvalue weighted by Crippen LogP contribution is 2.43. The molecule has 0 unspecified atom stereocenters. The molecule has 0 N–H and O–H groups in total. The molecule has 1 fully saturated rings. The number of alkyl halides is 2. The van der Waals surface area contributed by atoms with Crippen LogP contribution in [0.1, 0.15) is 95.8 Å². The van der Waals surface area contributed by atoms with Gasteiger partial charge in [-0.1, -0.05) is 108 Å². The topological polar surface area (TPSA) is 46.2 Å². The maximum absolute atomic E-state index is 17.0. The first kappa shape index (κ1) is 35.6. The molecule has 0 amide bonds. The predicted molar refractivity (Wildman–Crippen MR) is 168 cm³/mol. The lowest BCUT2D eigenvalue weighted by Crippen LogP contribution is -2.65. The Balaban J connectivity index is 2.03. The van der Waals surface area contributed by atoms with Gasteiger partial charge in [-0.25, -0.2) is 0 Å². The summed E-state index contributed by atoms with van der Waals surface area (Å²) in [5.41, 5.74) is 1.49. The molecule has 2 aromatic rings. The minimum atomic E-state index is -3.36. The van der Waals surface area contributed by atoms with Crippen LogP contribution in [-0.2, 0) is 36.0 Å². The number of rotatable bonds is 21.